The van der Waals surface area contributed by atoms with Crippen molar-refractivity contribution in [1.82, 2.24) is 9.47 Å². The number of nitrogens with two attached hydrogens (primary N) is 1. The number of fused-ring (bicyclic) bond motifs is 3. The van der Waals surface area contributed by atoms with Crippen LogP contribution < -0.4 is 5.73 Å². The molecule has 5 rings (SSSR count). The molecule has 1 saturated carbocycles. The molecule has 2 heterocycles. The zero-order valence-corrected chi connectivity index (χ0v) is 19.3. The van der Waals surface area contributed by atoms with E-state index in [0.29, 0.717) is 30.1 Å². The SMILES string of the molecule is CC1CN(C(=O)c2ccc3c4cc(Br)cc(C(N)=O)c4n(CC4CC4)c3c2)C[C@H](C)O1. The minimum atomic E-state index is -0.446. The second-order valence-electron chi connectivity index (χ2n) is 8.97. The number of primary amides is 1. The van der Waals surface area contributed by atoms with Crippen molar-refractivity contribution in [3.63, 3.8) is 0 Å². The Balaban J connectivity index is 1.67. The second kappa shape index (κ2) is 7.64. The van der Waals surface area contributed by atoms with Crippen molar-refractivity contribution in [2.24, 2.45) is 11.7 Å². The van der Waals surface area contributed by atoms with Crippen LogP contribution in [-0.4, -0.2) is 46.6 Å². The van der Waals surface area contributed by atoms with E-state index >= 15 is 0 Å². The number of carbonyl (C=O) groups excluding carboxylic acids is 2. The van der Waals surface area contributed by atoms with Gasteiger partial charge in [-0.1, -0.05) is 22.0 Å². The third-order valence-corrected chi connectivity index (χ3v) is 6.74. The fraction of sp³-hybridized carbons (Fsp3) is 0.417. The number of rotatable bonds is 4. The van der Waals surface area contributed by atoms with Gasteiger partial charge in [0.2, 0.25) is 0 Å². The molecule has 1 aliphatic carbocycles. The summed E-state index contributed by atoms with van der Waals surface area (Å²) >= 11 is 3.52. The number of hydrogen-bond donors (Lipinski definition) is 1. The molecule has 162 valence electrons. The van der Waals surface area contributed by atoms with Crippen LogP contribution in [0.15, 0.2) is 34.8 Å². The molecule has 2 aliphatic rings. The van der Waals surface area contributed by atoms with Crippen LogP contribution in [0.4, 0.5) is 0 Å². The van der Waals surface area contributed by atoms with Crippen LogP contribution in [0.2, 0.25) is 0 Å². The van der Waals surface area contributed by atoms with Crippen LogP contribution in [0, 0.1) is 5.92 Å². The Hall–Kier alpha value is -2.38. The van der Waals surface area contributed by atoms with Gasteiger partial charge in [0.15, 0.2) is 0 Å². The van der Waals surface area contributed by atoms with Gasteiger partial charge >= 0.3 is 0 Å². The Kier molecular flexibility index (Phi) is 5.06. The van der Waals surface area contributed by atoms with E-state index in [1.807, 2.05) is 43.0 Å². The molecule has 1 aliphatic heterocycles. The largest absolute Gasteiger partial charge is 0.372 e. The topological polar surface area (TPSA) is 77.6 Å². The van der Waals surface area contributed by atoms with Crippen LogP contribution >= 0.6 is 15.9 Å². The third kappa shape index (κ3) is 3.74. The monoisotopic (exact) mass is 483 g/mol. The van der Waals surface area contributed by atoms with Crippen molar-refractivity contribution >= 4 is 49.6 Å². The summed E-state index contributed by atoms with van der Waals surface area (Å²) in [7, 11) is 0. The molecule has 1 saturated heterocycles. The smallest absolute Gasteiger partial charge is 0.254 e. The normalized spacial score (nSPS) is 21.7. The fourth-order valence-electron chi connectivity index (χ4n) is 4.79. The Morgan fingerprint density at radius 1 is 1.10 bits per heavy atom. The summed E-state index contributed by atoms with van der Waals surface area (Å²) < 4.78 is 8.79. The molecular formula is C24H26BrN3O3. The number of hydrogen-bond acceptors (Lipinski definition) is 3. The van der Waals surface area contributed by atoms with E-state index in [-0.39, 0.29) is 18.1 Å². The highest BCUT2D eigenvalue weighted by atomic mass is 79.9. The van der Waals surface area contributed by atoms with Crippen molar-refractivity contribution in [2.75, 3.05) is 13.1 Å². The summed E-state index contributed by atoms with van der Waals surface area (Å²) in [6, 6.07) is 9.68. The van der Waals surface area contributed by atoms with Gasteiger partial charge in [0.25, 0.3) is 11.8 Å². The molecule has 1 unspecified atom stereocenters. The predicted octanol–water partition coefficient (Wildman–Crippen LogP) is 4.32. The molecule has 31 heavy (non-hydrogen) atoms. The van der Waals surface area contributed by atoms with E-state index in [2.05, 4.69) is 20.5 Å². The standard InChI is InChI=1S/C24H26BrN3O3/c1-13-10-27(11-14(2)31-13)24(30)16-5-6-18-19-8-17(25)9-20(23(26)29)22(19)28(21(18)7-16)12-15-3-4-15/h5-9,13-15H,3-4,10-12H2,1-2H3,(H2,26,29)/t13-,14?/m0/s1. The zero-order valence-electron chi connectivity index (χ0n) is 17.7. The number of nitrogens with zero attached hydrogens (tertiary/aromatic N) is 2. The number of amides is 2. The highest BCUT2D eigenvalue weighted by molar-refractivity contribution is 9.10. The lowest BCUT2D eigenvalue weighted by atomic mass is 10.1. The number of ether oxygens (including phenoxy) is 1. The lowest BCUT2D eigenvalue weighted by molar-refractivity contribution is -0.0586. The number of aromatic nitrogens is 1. The van der Waals surface area contributed by atoms with Crippen LogP contribution in [0.3, 0.4) is 0 Å². The van der Waals surface area contributed by atoms with Gasteiger partial charge in [-0.25, -0.2) is 0 Å². The average molecular weight is 484 g/mol. The Morgan fingerprint density at radius 3 is 2.45 bits per heavy atom. The van der Waals surface area contributed by atoms with E-state index in [1.165, 1.54) is 12.8 Å². The Morgan fingerprint density at radius 2 is 1.81 bits per heavy atom. The maximum atomic E-state index is 13.3. The van der Waals surface area contributed by atoms with E-state index in [4.69, 9.17) is 10.5 Å². The van der Waals surface area contributed by atoms with Gasteiger partial charge in [-0.15, -0.1) is 0 Å². The lowest BCUT2D eigenvalue weighted by Crippen LogP contribution is -2.48. The van der Waals surface area contributed by atoms with Gasteiger partial charge in [-0.3, -0.25) is 9.59 Å². The fourth-order valence-corrected chi connectivity index (χ4v) is 5.25. The summed E-state index contributed by atoms with van der Waals surface area (Å²) in [5.74, 6) is 0.172. The average Bonchev–Trinajstić information content (AvgIpc) is 3.49. The molecule has 2 fully saturated rings. The van der Waals surface area contributed by atoms with Gasteiger partial charge in [0, 0.05) is 46.0 Å². The molecule has 7 heteroatoms. The number of morpholine rings is 1. The highest BCUT2D eigenvalue weighted by Crippen LogP contribution is 2.38. The summed E-state index contributed by atoms with van der Waals surface area (Å²) in [5, 5.41) is 2.01. The van der Waals surface area contributed by atoms with Crippen LogP contribution in [0.25, 0.3) is 21.8 Å². The van der Waals surface area contributed by atoms with Crippen LogP contribution in [0.5, 0.6) is 0 Å². The van der Waals surface area contributed by atoms with Gasteiger partial charge in [0.1, 0.15) is 0 Å². The molecule has 6 nitrogen and oxygen atoms in total. The predicted molar refractivity (Wildman–Crippen MR) is 124 cm³/mol. The van der Waals surface area contributed by atoms with Crippen molar-refractivity contribution in [1.29, 1.82) is 0 Å². The molecule has 2 N–H and O–H groups in total. The molecule has 0 spiro atoms. The Labute approximate surface area is 189 Å². The van der Waals surface area contributed by atoms with E-state index in [9.17, 15) is 9.59 Å². The van der Waals surface area contributed by atoms with Gasteiger partial charge in [0.05, 0.1) is 23.3 Å². The van der Waals surface area contributed by atoms with E-state index in [0.717, 1.165) is 32.8 Å². The van der Waals surface area contributed by atoms with Crippen molar-refractivity contribution in [2.45, 2.75) is 45.4 Å². The number of benzene rings is 2. The first-order chi connectivity index (χ1) is 14.8. The summed E-state index contributed by atoms with van der Waals surface area (Å²) in [4.78, 5) is 27.4. The van der Waals surface area contributed by atoms with Gasteiger partial charge in [-0.2, -0.15) is 0 Å². The number of halogens is 1. The Bertz CT molecular complexity index is 1200. The minimum Gasteiger partial charge on any atom is -0.372 e. The number of carbonyl (C=O) groups is 2. The second-order valence-corrected chi connectivity index (χ2v) is 9.88. The van der Waals surface area contributed by atoms with E-state index < -0.39 is 5.91 Å². The molecule has 2 aromatic carbocycles. The molecule has 2 amide bonds. The summed E-state index contributed by atoms with van der Waals surface area (Å²) in [6.07, 6.45) is 2.42. The first-order valence-electron chi connectivity index (χ1n) is 10.8. The third-order valence-electron chi connectivity index (χ3n) is 6.28. The zero-order chi connectivity index (χ0) is 21.9. The molecule has 1 aromatic heterocycles. The summed E-state index contributed by atoms with van der Waals surface area (Å²) in [6.45, 7) is 5.99. The van der Waals surface area contributed by atoms with Crippen LogP contribution in [0.1, 0.15) is 47.4 Å². The minimum absolute atomic E-state index is 0.0171. The molecular weight excluding hydrogens is 458 g/mol. The van der Waals surface area contributed by atoms with Gasteiger partial charge in [-0.05, 0) is 56.9 Å². The summed E-state index contributed by atoms with van der Waals surface area (Å²) in [5.41, 5.74) is 8.74. The van der Waals surface area contributed by atoms with Crippen molar-refractivity contribution in [3.8, 4) is 0 Å². The van der Waals surface area contributed by atoms with Crippen molar-refractivity contribution < 1.29 is 14.3 Å². The molecule has 2 atom stereocenters. The highest BCUT2D eigenvalue weighted by Gasteiger charge is 2.29. The lowest BCUT2D eigenvalue weighted by Gasteiger charge is -2.35. The van der Waals surface area contributed by atoms with Gasteiger partial charge < -0.3 is 19.9 Å². The first-order valence-corrected chi connectivity index (χ1v) is 11.6. The van der Waals surface area contributed by atoms with E-state index in [1.54, 1.807) is 6.07 Å². The first kappa shape index (κ1) is 20.5. The molecule has 3 aromatic rings. The molecule has 0 radical (unpaired) electrons. The van der Waals surface area contributed by atoms with Crippen LogP contribution in [-0.2, 0) is 11.3 Å². The quantitative estimate of drug-likeness (QED) is 0.600. The maximum absolute atomic E-state index is 13.3. The molecule has 0 bridgehead atoms. The maximum Gasteiger partial charge on any atom is 0.254 e. The van der Waals surface area contributed by atoms with Crippen molar-refractivity contribution in [3.05, 3.63) is 45.9 Å².